The van der Waals surface area contributed by atoms with Gasteiger partial charge < -0.3 is 9.80 Å². The molecule has 0 atom stereocenters. The Morgan fingerprint density at radius 3 is 2.35 bits per heavy atom. The van der Waals surface area contributed by atoms with E-state index in [1.807, 2.05) is 36.5 Å². The van der Waals surface area contributed by atoms with Crippen LogP contribution in [-0.2, 0) is 6.42 Å². The summed E-state index contributed by atoms with van der Waals surface area (Å²) >= 11 is 0. The highest BCUT2D eigenvalue weighted by Crippen LogP contribution is 2.14. The normalized spacial score (nSPS) is 10.6. The first-order chi connectivity index (χ1) is 11.2. The maximum atomic E-state index is 4.69. The lowest BCUT2D eigenvalue weighted by Gasteiger charge is -2.23. The molecular formula is C17H26N6. The third kappa shape index (κ3) is 5.16. The van der Waals surface area contributed by atoms with Crippen molar-refractivity contribution in [2.24, 2.45) is 0 Å². The Morgan fingerprint density at radius 1 is 1.00 bits per heavy atom. The summed E-state index contributed by atoms with van der Waals surface area (Å²) in [5.74, 6) is 1.59. The molecule has 0 radical (unpaired) electrons. The second-order valence-electron chi connectivity index (χ2n) is 5.63. The minimum absolute atomic E-state index is 0.675. The van der Waals surface area contributed by atoms with Crippen LogP contribution in [0.1, 0.15) is 32.3 Å². The summed E-state index contributed by atoms with van der Waals surface area (Å²) in [6.07, 6.45) is 8.52. The van der Waals surface area contributed by atoms with Crippen molar-refractivity contribution in [3.05, 3.63) is 36.3 Å². The third-order valence-electron chi connectivity index (χ3n) is 3.67. The lowest BCUT2D eigenvalue weighted by Crippen LogP contribution is -2.28. The van der Waals surface area contributed by atoms with E-state index in [9.17, 15) is 0 Å². The van der Waals surface area contributed by atoms with Gasteiger partial charge in [0.2, 0.25) is 5.95 Å². The van der Waals surface area contributed by atoms with Crippen LogP contribution in [0, 0.1) is 0 Å². The highest BCUT2D eigenvalue weighted by molar-refractivity contribution is 5.41. The number of rotatable bonds is 9. The molecule has 0 aliphatic heterocycles. The molecule has 0 aromatic carbocycles. The highest BCUT2D eigenvalue weighted by Gasteiger charge is 2.11. The summed E-state index contributed by atoms with van der Waals surface area (Å²) in [5.41, 5.74) is 1.26. The fourth-order valence-corrected chi connectivity index (χ4v) is 2.43. The average Bonchev–Trinajstić information content (AvgIpc) is 2.60. The summed E-state index contributed by atoms with van der Waals surface area (Å²) in [6, 6.07) is 4.07. The molecule has 0 N–H and O–H groups in total. The van der Waals surface area contributed by atoms with Gasteiger partial charge in [-0.1, -0.05) is 13.8 Å². The van der Waals surface area contributed by atoms with Crippen LogP contribution in [-0.4, -0.2) is 46.8 Å². The standard InChI is InChI=1S/C17H26N6/c1-4-11-23(12-5-2)16-14-19-21-17(20-16)22(3)13-8-15-6-9-18-10-7-15/h6-7,9-10,14H,4-5,8,11-13H2,1-3H3. The molecule has 0 saturated carbocycles. The van der Waals surface area contributed by atoms with Crippen molar-refractivity contribution in [2.45, 2.75) is 33.1 Å². The van der Waals surface area contributed by atoms with E-state index in [1.54, 1.807) is 6.20 Å². The quantitative estimate of drug-likeness (QED) is 0.709. The molecule has 6 nitrogen and oxygen atoms in total. The fraction of sp³-hybridized carbons (Fsp3) is 0.529. The zero-order chi connectivity index (χ0) is 16.5. The third-order valence-corrected chi connectivity index (χ3v) is 3.67. The van der Waals surface area contributed by atoms with E-state index in [0.29, 0.717) is 5.95 Å². The van der Waals surface area contributed by atoms with Gasteiger partial charge in [0.05, 0.1) is 6.20 Å². The van der Waals surface area contributed by atoms with Gasteiger partial charge in [-0.15, -0.1) is 5.10 Å². The van der Waals surface area contributed by atoms with Crippen molar-refractivity contribution >= 4 is 11.8 Å². The molecule has 23 heavy (non-hydrogen) atoms. The van der Waals surface area contributed by atoms with Crippen LogP contribution >= 0.6 is 0 Å². The van der Waals surface area contributed by atoms with Gasteiger partial charge in [-0.05, 0) is 37.0 Å². The number of anilines is 2. The molecule has 0 bridgehead atoms. The van der Waals surface area contributed by atoms with E-state index >= 15 is 0 Å². The molecule has 6 heteroatoms. The van der Waals surface area contributed by atoms with E-state index < -0.39 is 0 Å². The van der Waals surface area contributed by atoms with Gasteiger partial charge in [-0.3, -0.25) is 4.98 Å². The van der Waals surface area contributed by atoms with Crippen molar-refractivity contribution in [3.8, 4) is 0 Å². The molecule has 0 spiro atoms. The molecular weight excluding hydrogens is 288 g/mol. The maximum absolute atomic E-state index is 4.69. The summed E-state index contributed by atoms with van der Waals surface area (Å²) in [4.78, 5) is 13.1. The lowest BCUT2D eigenvalue weighted by molar-refractivity contribution is 0.720. The molecule has 2 aromatic rings. The molecule has 2 heterocycles. The van der Waals surface area contributed by atoms with Crippen LogP contribution in [0.3, 0.4) is 0 Å². The van der Waals surface area contributed by atoms with Gasteiger partial charge in [-0.25, -0.2) is 0 Å². The van der Waals surface area contributed by atoms with Gasteiger partial charge in [-0.2, -0.15) is 10.1 Å². The SMILES string of the molecule is CCCN(CCC)c1cnnc(N(C)CCc2ccncc2)n1. The van der Waals surface area contributed by atoms with E-state index in [1.165, 1.54) is 5.56 Å². The summed E-state index contributed by atoms with van der Waals surface area (Å²) in [5, 5.41) is 8.32. The van der Waals surface area contributed by atoms with Gasteiger partial charge in [0.1, 0.15) is 0 Å². The first-order valence-electron chi connectivity index (χ1n) is 8.29. The Bertz CT molecular complexity index is 568. The van der Waals surface area contributed by atoms with E-state index in [-0.39, 0.29) is 0 Å². The number of aromatic nitrogens is 4. The molecule has 2 aromatic heterocycles. The Morgan fingerprint density at radius 2 is 1.70 bits per heavy atom. The Balaban J connectivity index is 2.02. The van der Waals surface area contributed by atoms with Gasteiger partial charge in [0.15, 0.2) is 5.82 Å². The molecule has 124 valence electrons. The molecule has 0 amide bonds. The van der Waals surface area contributed by atoms with E-state index in [4.69, 9.17) is 0 Å². The number of hydrogen-bond acceptors (Lipinski definition) is 6. The van der Waals surface area contributed by atoms with Crippen molar-refractivity contribution in [2.75, 3.05) is 36.5 Å². The molecule has 0 saturated heterocycles. The Kier molecular flexibility index (Phi) is 6.72. The summed E-state index contributed by atoms with van der Waals surface area (Å²) < 4.78 is 0. The zero-order valence-electron chi connectivity index (χ0n) is 14.3. The average molecular weight is 314 g/mol. The predicted molar refractivity (Wildman–Crippen MR) is 93.8 cm³/mol. The topological polar surface area (TPSA) is 58.0 Å². The van der Waals surface area contributed by atoms with Crippen molar-refractivity contribution in [1.82, 2.24) is 20.2 Å². The van der Waals surface area contributed by atoms with Crippen LogP contribution in [0.15, 0.2) is 30.7 Å². The fourth-order valence-electron chi connectivity index (χ4n) is 2.43. The second kappa shape index (κ2) is 9.02. The van der Waals surface area contributed by atoms with Crippen LogP contribution in [0.4, 0.5) is 11.8 Å². The van der Waals surface area contributed by atoms with Crippen molar-refractivity contribution < 1.29 is 0 Å². The first-order valence-corrected chi connectivity index (χ1v) is 8.29. The minimum atomic E-state index is 0.675. The van der Waals surface area contributed by atoms with E-state index in [2.05, 4.69) is 38.9 Å². The Hall–Kier alpha value is -2.24. The monoisotopic (exact) mass is 314 g/mol. The van der Waals surface area contributed by atoms with E-state index in [0.717, 1.165) is 44.7 Å². The molecule has 0 fully saturated rings. The smallest absolute Gasteiger partial charge is 0.247 e. The number of nitrogens with zero attached hydrogens (tertiary/aromatic N) is 6. The lowest BCUT2D eigenvalue weighted by atomic mass is 10.2. The highest BCUT2D eigenvalue weighted by atomic mass is 15.3. The number of pyridine rings is 1. The van der Waals surface area contributed by atoms with Crippen LogP contribution in [0.5, 0.6) is 0 Å². The number of hydrogen-bond donors (Lipinski definition) is 0. The Labute approximate surface area is 138 Å². The van der Waals surface area contributed by atoms with Crippen LogP contribution in [0.25, 0.3) is 0 Å². The summed E-state index contributed by atoms with van der Waals surface area (Å²) in [6.45, 7) is 7.19. The zero-order valence-corrected chi connectivity index (χ0v) is 14.3. The van der Waals surface area contributed by atoms with Gasteiger partial charge >= 0.3 is 0 Å². The molecule has 2 rings (SSSR count). The van der Waals surface area contributed by atoms with Crippen molar-refractivity contribution in [3.63, 3.8) is 0 Å². The largest absolute Gasteiger partial charge is 0.355 e. The summed E-state index contributed by atoms with van der Waals surface area (Å²) in [7, 11) is 2.01. The second-order valence-corrected chi connectivity index (χ2v) is 5.63. The van der Waals surface area contributed by atoms with Crippen LogP contribution in [0.2, 0.25) is 0 Å². The van der Waals surface area contributed by atoms with Crippen molar-refractivity contribution in [1.29, 1.82) is 0 Å². The number of likely N-dealkylation sites (N-methyl/N-ethyl adjacent to an activating group) is 1. The molecule has 0 aliphatic rings. The predicted octanol–water partition coefficient (Wildman–Crippen LogP) is 2.57. The minimum Gasteiger partial charge on any atom is -0.355 e. The first kappa shape index (κ1) is 17.1. The van der Waals surface area contributed by atoms with Crippen LogP contribution < -0.4 is 9.80 Å². The van der Waals surface area contributed by atoms with Gasteiger partial charge in [0, 0.05) is 39.1 Å². The molecule has 0 aliphatic carbocycles. The maximum Gasteiger partial charge on any atom is 0.247 e. The van der Waals surface area contributed by atoms with Gasteiger partial charge in [0.25, 0.3) is 0 Å². The molecule has 0 unspecified atom stereocenters.